The summed E-state index contributed by atoms with van der Waals surface area (Å²) in [5, 5.41) is 3.48. The quantitative estimate of drug-likeness (QED) is 0.848. The minimum absolute atomic E-state index is 0.330. The van der Waals surface area contributed by atoms with E-state index < -0.39 is 10.0 Å². The second kappa shape index (κ2) is 6.59. The SMILES string of the molecule is CCCNS(=O)(=O)c1ccc(NC2CCC(C)C2)cc1. The number of anilines is 1. The minimum Gasteiger partial charge on any atom is -0.382 e. The Bertz CT molecular complexity index is 525. The van der Waals surface area contributed by atoms with Gasteiger partial charge in [0.1, 0.15) is 0 Å². The third-order valence-electron chi connectivity index (χ3n) is 3.77. The summed E-state index contributed by atoms with van der Waals surface area (Å²) in [5.41, 5.74) is 0.999. The maximum atomic E-state index is 12.0. The van der Waals surface area contributed by atoms with Crippen LogP contribution in [0.4, 0.5) is 5.69 Å². The molecule has 0 amide bonds. The van der Waals surface area contributed by atoms with Crippen LogP contribution in [-0.4, -0.2) is 21.0 Å². The number of nitrogens with one attached hydrogen (secondary N) is 2. The van der Waals surface area contributed by atoms with Gasteiger partial charge in [-0.1, -0.05) is 13.8 Å². The molecule has 2 N–H and O–H groups in total. The molecule has 1 fully saturated rings. The van der Waals surface area contributed by atoms with Crippen LogP contribution in [0.25, 0.3) is 0 Å². The molecule has 1 aliphatic rings. The Balaban J connectivity index is 1.99. The van der Waals surface area contributed by atoms with E-state index in [1.54, 1.807) is 12.1 Å². The number of hydrogen-bond acceptors (Lipinski definition) is 3. The number of sulfonamides is 1. The monoisotopic (exact) mass is 296 g/mol. The van der Waals surface area contributed by atoms with Gasteiger partial charge in [0.15, 0.2) is 0 Å². The minimum atomic E-state index is -3.35. The summed E-state index contributed by atoms with van der Waals surface area (Å²) in [6.45, 7) is 4.69. The van der Waals surface area contributed by atoms with Crippen LogP contribution in [-0.2, 0) is 10.0 Å². The van der Waals surface area contributed by atoms with Crippen molar-refractivity contribution in [2.45, 2.75) is 50.5 Å². The Kier molecular flexibility index (Phi) is 5.05. The van der Waals surface area contributed by atoms with Gasteiger partial charge in [-0.05, 0) is 55.9 Å². The second-order valence-electron chi connectivity index (χ2n) is 5.68. The molecule has 0 bridgehead atoms. The first-order valence-electron chi connectivity index (χ1n) is 7.37. The van der Waals surface area contributed by atoms with Gasteiger partial charge in [-0.3, -0.25) is 0 Å². The largest absolute Gasteiger partial charge is 0.382 e. The predicted molar refractivity (Wildman–Crippen MR) is 82.3 cm³/mol. The highest BCUT2D eigenvalue weighted by molar-refractivity contribution is 7.89. The summed E-state index contributed by atoms with van der Waals surface area (Å²) in [7, 11) is -3.35. The number of benzene rings is 1. The first kappa shape index (κ1) is 15.3. The second-order valence-corrected chi connectivity index (χ2v) is 7.45. The molecule has 2 atom stereocenters. The lowest BCUT2D eigenvalue weighted by Gasteiger charge is -2.14. The summed E-state index contributed by atoms with van der Waals surface area (Å²) in [6, 6.07) is 7.55. The fourth-order valence-electron chi connectivity index (χ4n) is 2.62. The Labute approximate surface area is 122 Å². The van der Waals surface area contributed by atoms with Crippen molar-refractivity contribution in [3.05, 3.63) is 24.3 Å². The van der Waals surface area contributed by atoms with Crippen molar-refractivity contribution in [3.8, 4) is 0 Å². The highest BCUT2D eigenvalue weighted by atomic mass is 32.2. The van der Waals surface area contributed by atoms with E-state index in [-0.39, 0.29) is 0 Å². The van der Waals surface area contributed by atoms with Crippen LogP contribution in [0.1, 0.15) is 39.5 Å². The van der Waals surface area contributed by atoms with E-state index in [9.17, 15) is 8.42 Å². The van der Waals surface area contributed by atoms with Crippen LogP contribution in [0.3, 0.4) is 0 Å². The summed E-state index contributed by atoms with van der Waals surface area (Å²) in [6.07, 6.45) is 4.45. The fraction of sp³-hybridized carbons (Fsp3) is 0.600. The van der Waals surface area contributed by atoms with Crippen LogP contribution in [0, 0.1) is 5.92 Å². The molecule has 1 aliphatic carbocycles. The Morgan fingerprint density at radius 2 is 1.90 bits per heavy atom. The molecule has 0 spiro atoms. The Hall–Kier alpha value is -1.07. The van der Waals surface area contributed by atoms with Crippen LogP contribution >= 0.6 is 0 Å². The third kappa shape index (κ3) is 3.96. The number of hydrogen-bond donors (Lipinski definition) is 2. The topological polar surface area (TPSA) is 58.2 Å². The normalized spacial score (nSPS) is 22.9. The van der Waals surface area contributed by atoms with Gasteiger partial charge in [-0.2, -0.15) is 0 Å². The van der Waals surface area contributed by atoms with Crippen molar-refractivity contribution < 1.29 is 8.42 Å². The summed E-state index contributed by atoms with van der Waals surface area (Å²) < 4.78 is 26.5. The smallest absolute Gasteiger partial charge is 0.240 e. The molecular formula is C15H24N2O2S. The molecule has 0 saturated heterocycles. The van der Waals surface area contributed by atoms with E-state index in [0.717, 1.165) is 18.0 Å². The molecule has 0 heterocycles. The summed E-state index contributed by atoms with van der Waals surface area (Å²) in [5.74, 6) is 0.783. The molecule has 0 aliphatic heterocycles. The predicted octanol–water partition coefficient (Wildman–Crippen LogP) is 2.98. The van der Waals surface area contributed by atoms with Gasteiger partial charge in [0, 0.05) is 18.3 Å². The van der Waals surface area contributed by atoms with Gasteiger partial charge in [-0.25, -0.2) is 13.1 Å². The summed E-state index contributed by atoms with van der Waals surface area (Å²) in [4.78, 5) is 0.330. The molecular weight excluding hydrogens is 272 g/mol. The van der Waals surface area contributed by atoms with Gasteiger partial charge in [0.25, 0.3) is 0 Å². The van der Waals surface area contributed by atoms with E-state index in [0.29, 0.717) is 17.5 Å². The molecule has 0 radical (unpaired) electrons. The maximum absolute atomic E-state index is 12.0. The van der Waals surface area contributed by atoms with E-state index in [1.165, 1.54) is 19.3 Å². The molecule has 4 nitrogen and oxygen atoms in total. The highest BCUT2D eigenvalue weighted by Crippen LogP contribution is 2.27. The van der Waals surface area contributed by atoms with Crippen LogP contribution in [0.5, 0.6) is 0 Å². The third-order valence-corrected chi connectivity index (χ3v) is 5.25. The van der Waals surface area contributed by atoms with Crippen molar-refractivity contribution in [1.82, 2.24) is 4.72 Å². The van der Waals surface area contributed by atoms with E-state index in [1.807, 2.05) is 19.1 Å². The average Bonchev–Trinajstić information content (AvgIpc) is 2.82. The lowest BCUT2D eigenvalue weighted by atomic mass is 10.1. The summed E-state index contributed by atoms with van der Waals surface area (Å²) >= 11 is 0. The van der Waals surface area contributed by atoms with Gasteiger partial charge in [0.05, 0.1) is 4.90 Å². The standard InChI is InChI=1S/C15H24N2O2S/c1-3-10-16-20(18,19)15-8-6-13(7-9-15)17-14-5-4-12(2)11-14/h6-9,12,14,16-17H,3-5,10-11H2,1-2H3. The molecule has 2 unspecified atom stereocenters. The van der Waals surface area contributed by atoms with Gasteiger partial charge < -0.3 is 5.32 Å². The molecule has 5 heteroatoms. The Morgan fingerprint density at radius 3 is 2.45 bits per heavy atom. The fourth-order valence-corrected chi connectivity index (χ4v) is 3.76. The lowest BCUT2D eigenvalue weighted by Crippen LogP contribution is -2.24. The van der Waals surface area contributed by atoms with Gasteiger partial charge >= 0.3 is 0 Å². The van der Waals surface area contributed by atoms with Crippen molar-refractivity contribution in [1.29, 1.82) is 0 Å². The van der Waals surface area contributed by atoms with E-state index in [2.05, 4.69) is 17.0 Å². The molecule has 20 heavy (non-hydrogen) atoms. The average molecular weight is 296 g/mol. The maximum Gasteiger partial charge on any atom is 0.240 e. The lowest BCUT2D eigenvalue weighted by molar-refractivity contribution is 0.581. The van der Waals surface area contributed by atoms with Gasteiger partial charge in [-0.15, -0.1) is 0 Å². The van der Waals surface area contributed by atoms with Crippen molar-refractivity contribution in [3.63, 3.8) is 0 Å². The van der Waals surface area contributed by atoms with Crippen molar-refractivity contribution in [2.24, 2.45) is 5.92 Å². The molecule has 1 aromatic rings. The van der Waals surface area contributed by atoms with Crippen LogP contribution in [0.2, 0.25) is 0 Å². The first-order chi connectivity index (χ1) is 9.51. The molecule has 0 aromatic heterocycles. The van der Waals surface area contributed by atoms with Crippen LogP contribution < -0.4 is 10.0 Å². The first-order valence-corrected chi connectivity index (χ1v) is 8.86. The molecule has 112 valence electrons. The van der Waals surface area contributed by atoms with E-state index in [4.69, 9.17) is 0 Å². The van der Waals surface area contributed by atoms with Crippen LogP contribution in [0.15, 0.2) is 29.2 Å². The zero-order valence-corrected chi connectivity index (χ0v) is 13.0. The van der Waals surface area contributed by atoms with Crippen molar-refractivity contribution >= 4 is 15.7 Å². The molecule has 1 aromatic carbocycles. The Morgan fingerprint density at radius 1 is 1.20 bits per heavy atom. The molecule has 1 saturated carbocycles. The van der Waals surface area contributed by atoms with Gasteiger partial charge in [0.2, 0.25) is 10.0 Å². The number of rotatable bonds is 6. The zero-order valence-electron chi connectivity index (χ0n) is 12.2. The van der Waals surface area contributed by atoms with E-state index >= 15 is 0 Å². The zero-order chi connectivity index (χ0) is 14.6. The highest BCUT2D eigenvalue weighted by Gasteiger charge is 2.21. The molecule has 2 rings (SSSR count). The van der Waals surface area contributed by atoms with Crippen molar-refractivity contribution in [2.75, 3.05) is 11.9 Å².